The predicted octanol–water partition coefficient (Wildman–Crippen LogP) is 2.61. The van der Waals surface area contributed by atoms with Crippen molar-refractivity contribution in [2.24, 2.45) is 0 Å². The minimum Gasteiger partial charge on any atom is -0.385 e. The molecule has 3 nitrogen and oxygen atoms in total. The topological polar surface area (TPSA) is 24.5 Å². The molecule has 0 aliphatic carbocycles. The lowest BCUT2D eigenvalue weighted by Gasteiger charge is -2.25. The first-order valence-corrected chi connectivity index (χ1v) is 7.14. The second-order valence-corrected chi connectivity index (χ2v) is 5.13. The molecule has 0 radical (unpaired) electrons. The zero-order valence-electron chi connectivity index (χ0n) is 12.8. The molecule has 0 amide bonds. The van der Waals surface area contributed by atoms with E-state index in [1.54, 1.807) is 7.11 Å². The molecule has 0 spiro atoms. The van der Waals surface area contributed by atoms with E-state index < -0.39 is 0 Å². The van der Waals surface area contributed by atoms with Crippen LogP contribution in [0.3, 0.4) is 0 Å². The molecule has 0 aromatic heterocycles. The van der Waals surface area contributed by atoms with Crippen molar-refractivity contribution in [3.05, 3.63) is 35.4 Å². The van der Waals surface area contributed by atoms with Gasteiger partial charge in [-0.25, -0.2) is 0 Å². The molecular formula is C16H28N2O. The highest BCUT2D eigenvalue weighted by Crippen LogP contribution is 2.15. The van der Waals surface area contributed by atoms with E-state index in [0.29, 0.717) is 6.04 Å². The van der Waals surface area contributed by atoms with Crippen molar-refractivity contribution in [2.75, 3.05) is 40.4 Å². The largest absolute Gasteiger partial charge is 0.385 e. The molecule has 3 heteroatoms. The van der Waals surface area contributed by atoms with Gasteiger partial charge in [-0.2, -0.15) is 0 Å². The third-order valence-electron chi connectivity index (χ3n) is 3.28. The Kier molecular flexibility index (Phi) is 7.72. The Hall–Kier alpha value is -0.900. The number of rotatable bonds is 9. The van der Waals surface area contributed by atoms with Crippen LogP contribution in [-0.2, 0) is 4.74 Å². The number of methoxy groups -OCH3 is 1. The van der Waals surface area contributed by atoms with E-state index in [9.17, 15) is 0 Å². The minimum atomic E-state index is 0.400. The summed E-state index contributed by atoms with van der Waals surface area (Å²) in [6, 6.07) is 9.17. The molecule has 0 bridgehead atoms. The maximum atomic E-state index is 5.10. The summed E-state index contributed by atoms with van der Waals surface area (Å²) in [6.07, 6.45) is 1.08. The van der Waals surface area contributed by atoms with Gasteiger partial charge >= 0.3 is 0 Å². The predicted molar refractivity (Wildman–Crippen MR) is 81.6 cm³/mol. The fraction of sp³-hybridized carbons (Fsp3) is 0.625. The molecule has 1 aromatic carbocycles. The van der Waals surface area contributed by atoms with Gasteiger partial charge in [0.15, 0.2) is 0 Å². The van der Waals surface area contributed by atoms with Crippen molar-refractivity contribution < 1.29 is 4.74 Å². The van der Waals surface area contributed by atoms with Crippen LogP contribution < -0.4 is 5.32 Å². The molecular weight excluding hydrogens is 236 g/mol. The first-order valence-electron chi connectivity index (χ1n) is 7.14. The number of hydrogen-bond acceptors (Lipinski definition) is 3. The fourth-order valence-corrected chi connectivity index (χ4v) is 2.30. The molecule has 0 saturated heterocycles. The van der Waals surface area contributed by atoms with Crippen LogP contribution >= 0.6 is 0 Å². The van der Waals surface area contributed by atoms with Crippen molar-refractivity contribution in [1.29, 1.82) is 0 Å². The van der Waals surface area contributed by atoms with Crippen LogP contribution in [0.1, 0.15) is 30.5 Å². The summed E-state index contributed by atoms with van der Waals surface area (Å²) in [4.78, 5) is 2.37. The van der Waals surface area contributed by atoms with Gasteiger partial charge in [0.25, 0.3) is 0 Å². The molecule has 0 aliphatic heterocycles. The van der Waals surface area contributed by atoms with Gasteiger partial charge < -0.3 is 15.0 Å². The average molecular weight is 264 g/mol. The quantitative estimate of drug-likeness (QED) is 0.694. The van der Waals surface area contributed by atoms with Gasteiger partial charge in [0.1, 0.15) is 0 Å². The third kappa shape index (κ3) is 6.19. The molecule has 0 aliphatic rings. The highest BCUT2D eigenvalue weighted by atomic mass is 16.5. The standard InChI is InChI=1S/C16H28N2O/c1-5-17-16(13-18(3)10-7-11-19-4)15-9-6-8-14(2)12-15/h6,8-9,12,16-17H,5,7,10-11,13H2,1-4H3. The lowest BCUT2D eigenvalue weighted by Crippen LogP contribution is -2.33. The summed E-state index contributed by atoms with van der Waals surface area (Å²) >= 11 is 0. The highest BCUT2D eigenvalue weighted by molar-refractivity contribution is 5.25. The molecule has 0 saturated carbocycles. The van der Waals surface area contributed by atoms with Crippen molar-refractivity contribution in [1.82, 2.24) is 10.2 Å². The number of hydrogen-bond donors (Lipinski definition) is 1. The highest BCUT2D eigenvalue weighted by Gasteiger charge is 2.12. The van der Waals surface area contributed by atoms with Gasteiger partial charge in [0, 0.05) is 32.8 Å². The Labute approximate surface area is 118 Å². The zero-order chi connectivity index (χ0) is 14.1. The van der Waals surface area contributed by atoms with Crippen molar-refractivity contribution in [2.45, 2.75) is 26.3 Å². The van der Waals surface area contributed by atoms with Crippen LogP contribution in [0.5, 0.6) is 0 Å². The molecule has 19 heavy (non-hydrogen) atoms. The zero-order valence-corrected chi connectivity index (χ0v) is 12.8. The van der Waals surface area contributed by atoms with Gasteiger partial charge in [-0.3, -0.25) is 0 Å². The molecule has 0 heterocycles. The molecule has 1 rings (SSSR count). The van der Waals surface area contributed by atoms with Gasteiger partial charge in [-0.15, -0.1) is 0 Å². The normalized spacial score (nSPS) is 12.9. The monoisotopic (exact) mass is 264 g/mol. The lowest BCUT2D eigenvalue weighted by atomic mass is 10.0. The number of ether oxygens (including phenoxy) is 1. The molecule has 1 atom stereocenters. The summed E-state index contributed by atoms with van der Waals surface area (Å²) in [6.45, 7) is 8.23. The molecule has 108 valence electrons. The van der Waals surface area contributed by atoms with Crippen LogP contribution in [0.25, 0.3) is 0 Å². The second kappa shape index (κ2) is 9.08. The Balaban J connectivity index is 2.57. The van der Waals surface area contributed by atoms with E-state index >= 15 is 0 Å². The Morgan fingerprint density at radius 2 is 2.16 bits per heavy atom. The fourth-order valence-electron chi connectivity index (χ4n) is 2.30. The first kappa shape index (κ1) is 16.2. The summed E-state index contributed by atoms with van der Waals surface area (Å²) in [7, 11) is 3.93. The molecule has 1 N–H and O–H groups in total. The van der Waals surface area contributed by atoms with Gasteiger partial charge in [0.2, 0.25) is 0 Å². The molecule has 1 aromatic rings. The van der Waals surface area contributed by atoms with E-state index in [4.69, 9.17) is 4.74 Å². The molecule has 0 fully saturated rings. The van der Waals surface area contributed by atoms with Crippen LogP contribution in [0.15, 0.2) is 24.3 Å². The molecule has 1 unspecified atom stereocenters. The Morgan fingerprint density at radius 3 is 2.79 bits per heavy atom. The summed E-state index contributed by atoms with van der Waals surface area (Å²) in [5, 5.41) is 3.57. The minimum absolute atomic E-state index is 0.400. The van der Waals surface area contributed by atoms with Gasteiger partial charge in [-0.1, -0.05) is 36.8 Å². The van der Waals surface area contributed by atoms with E-state index in [0.717, 1.165) is 32.7 Å². The summed E-state index contributed by atoms with van der Waals surface area (Å²) in [5.41, 5.74) is 2.70. The average Bonchev–Trinajstić information content (AvgIpc) is 2.38. The number of nitrogens with one attached hydrogen (secondary N) is 1. The SMILES string of the molecule is CCNC(CN(C)CCCOC)c1cccc(C)c1. The van der Waals surface area contributed by atoms with Crippen LogP contribution in [0.2, 0.25) is 0 Å². The maximum absolute atomic E-state index is 5.10. The number of aryl methyl sites for hydroxylation is 1. The van der Waals surface area contributed by atoms with Crippen LogP contribution in [-0.4, -0.2) is 45.3 Å². The smallest absolute Gasteiger partial charge is 0.0474 e. The van der Waals surface area contributed by atoms with E-state index in [-0.39, 0.29) is 0 Å². The summed E-state index contributed by atoms with van der Waals surface area (Å²) in [5.74, 6) is 0. The van der Waals surface area contributed by atoms with Crippen LogP contribution in [0, 0.1) is 6.92 Å². The third-order valence-corrected chi connectivity index (χ3v) is 3.28. The van der Waals surface area contributed by atoms with Gasteiger partial charge in [-0.05, 0) is 32.5 Å². The van der Waals surface area contributed by atoms with Crippen molar-refractivity contribution in [3.8, 4) is 0 Å². The van der Waals surface area contributed by atoms with E-state index in [2.05, 4.69) is 55.4 Å². The lowest BCUT2D eigenvalue weighted by molar-refractivity contribution is 0.176. The number of likely N-dealkylation sites (N-methyl/N-ethyl adjacent to an activating group) is 2. The number of nitrogens with zero attached hydrogens (tertiary/aromatic N) is 1. The van der Waals surface area contributed by atoms with Crippen molar-refractivity contribution in [3.63, 3.8) is 0 Å². The Morgan fingerprint density at radius 1 is 1.37 bits per heavy atom. The maximum Gasteiger partial charge on any atom is 0.0474 e. The Bertz CT molecular complexity index is 354. The van der Waals surface area contributed by atoms with E-state index in [1.165, 1.54) is 11.1 Å². The van der Waals surface area contributed by atoms with Gasteiger partial charge in [0.05, 0.1) is 0 Å². The first-order chi connectivity index (χ1) is 9.17. The number of benzene rings is 1. The van der Waals surface area contributed by atoms with E-state index in [1.807, 2.05) is 0 Å². The van der Waals surface area contributed by atoms with Crippen molar-refractivity contribution >= 4 is 0 Å². The van der Waals surface area contributed by atoms with Crippen LogP contribution in [0.4, 0.5) is 0 Å². The second-order valence-electron chi connectivity index (χ2n) is 5.13. The summed E-state index contributed by atoms with van der Waals surface area (Å²) < 4.78 is 5.10.